The number of amides is 2. The normalized spacial score (nSPS) is 9.89. The first kappa shape index (κ1) is 14.0. The van der Waals surface area contributed by atoms with Crippen molar-refractivity contribution >= 4 is 11.8 Å². The van der Waals surface area contributed by atoms with Gasteiger partial charge in [0.1, 0.15) is 5.75 Å². The maximum absolute atomic E-state index is 11.8. The van der Waals surface area contributed by atoms with E-state index in [2.05, 4.69) is 10.6 Å². The van der Waals surface area contributed by atoms with Crippen molar-refractivity contribution in [3.8, 4) is 5.75 Å². The summed E-state index contributed by atoms with van der Waals surface area (Å²) in [6, 6.07) is 4.78. The highest BCUT2D eigenvalue weighted by atomic mass is 16.3. The molecular weight excluding hydrogens is 232 g/mol. The maximum Gasteiger partial charge on any atom is 0.251 e. The number of phenolic OH excluding ortho intramolecular Hbond substituents is 1. The molecule has 0 bridgehead atoms. The third kappa shape index (κ3) is 3.76. The molecule has 0 fully saturated rings. The Hall–Kier alpha value is -2.04. The minimum Gasteiger partial charge on any atom is -0.508 e. The Morgan fingerprint density at radius 2 is 2.00 bits per heavy atom. The van der Waals surface area contributed by atoms with Crippen LogP contribution in [0, 0.1) is 6.92 Å². The summed E-state index contributed by atoms with van der Waals surface area (Å²) in [4.78, 5) is 23.0. The first-order valence-corrected chi connectivity index (χ1v) is 5.89. The average Bonchev–Trinajstić information content (AvgIpc) is 2.33. The zero-order valence-corrected chi connectivity index (χ0v) is 10.6. The number of hydrogen-bond acceptors (Lipinski definition) is 3. The molecule has 0 saturated carbocycles. The molecule has 5 heteroatoms. The lowest BCUT2D eigenvalue weighted by molar-refractivity contribution is -0.120. The molecule has 18 heavy (non-hydrogen) atoms. The SMILES string of the molecule is CCNC(=O)CCNC(=O)c1cccc(O)c1C. The molecule has 0 heterocycles. The van der Waals surface area contributed by atoms with Crippen molar-refractivity contribution in [2.24, 2.45) is 0 Å². The van der Waals surface area contributed by atoms with Gasteiger partial charge in [0.25, 0.3) is 5.91 Å². The summed E-state index contributed by atoms with van der Waals surface area (Å²) in [7, 11) is 0. The molecule has 1 aromatic rings. The van der Waals surface area contributed by atoms with Crippen LogP contribution in [0.3, 0.4) is 0 Å². The molecule has 3 N–H and O–H groups in total. The van der Waals surface area contributed by atoms with Crippen LogP contribution < -0.4 is 10.6 Å². The highest BCUT2D eigenvalue weighted by molar-refractivity contribution is 5.96. The van der Waals surface area contributed by atoms with Crippen LogP contribution in [0.5, 0.6) is 5.75 Å². The van der Waals surface area contributed by atoms with E-state index in [0.29, 0.717) is 17.7 Å². The van der Waals surface area contributed by atoms with Gasteiger partial charge in [-0.2, -0.15) is 0 Å². The minimum absolute atomic E-state index is 0.0892. The van der Waals surface area contributed by atoms with Gasteiger partial charge >= 0.3 is 0 Å². The van der Waals surface area contributed by atoms with Crippen LogP contribution in [0.4, 0.5) is 0 Å². The monoisotopic (exact) mass is 250 g/mol. The highest BCUT2D eigenvalue weighted by Gasteiger charge is 2.11. The van der Waals surface area contributed by atoms with E-state index in [4.69, 9.17) is 0 Å². The molecule has 1 rings (SSSR count). The molecule has 2 amide bonds. The molecule has 98 valence electrons. The van der Waals surface area contributed by atoms with E-state index in [0.717, 1.165) is 0 Å². The molecule has 0 saturated heterocycles. The smallest absolute Gasteiger partial charge is 0.251 e. The zero-order chi connectivity index (χ0) is 13.5. The van der Waals surface area contributed by atoms with Crippen molar-refractivity contribution in [2.45, 2.75) is 20.3 Å². The van der Waals surface area contributed by atoms with Crippen molar-refractivity contribution in [3.63, 3.8) is 0 Å². The third-order valence-corrected chi connectivity index (χ3v) is 2.56. The number of benzene rings is 1. The van der Waals surface area contributed by atoms with Crippen LogP contribution in [0.25, 0.3) is 0 Å². The van der Waals surface area contributed by atoms with Gasteiger partial charge in [-0.1, -0.05) is 6.07 Å². The second-order valence-electron chi connectivity index (χ2n) is 3.91. The molecule has 1 aromatic carbocycles. The number of nitrogens with one attached hydrogen (secondary N) is 2. The number of carbonyl (C=O) groups excluding carboxylic acids is 2. The molecule has 0 unspecified atom stereocenters. The third-order valence-electron chi connectivity index (χ3n) is 2.56. The molecule has 0 aliphatic heterocycles. The van der Waals surface area contributed by atoms with Gasteiger partial charge in [0, 0.05) is 30.6 Å². The lowest BCUT2D eigenvalue weighted by Gasteiger charge is -2.08. The van der Waals surface area contributed by atoms with Gasteiger partial charge in [-0.3, -0.25) is 9.59 Å². The zero-order valence-electron chi connectivity index (χ0n) is 10.6. The fourth-order valence-corrected chi connectivity index (χ4v) is 1.54. The predicted molar refractivity (Wildman–Crippen MR) is 68.5 cm³/mol. The number of phenols is 1. The lowest BCUT2D eigenvalue weighted by Crippen LogP contribution is -2.30. The summed E-state index contributed by atoms with van der Waals surface area (Å²) in [5, 5.41) is 14.8. The van der Waals surface area contributed by atoms with E-state index in [1.54, 1.807) is 19.1 Å². The molecule has 0 atom stereocenters. The molecule has 0 radical (unpaired) electrons. The van der Waals surface area contributed by atoms with Crippen LogP contribution >= 0.6 is 0 Å². The van der Waals surface area contributed by atoms with E-state index < -0.39 is 0 Å². The van der Waals surface area contributed by atoms with Crippen LogP contribution in [-0.4, -0.2) is 30.0 Å². The Morgan fingerprint density at radius 3 is 2.67 bits per heavy atom. The van der Waals surface area contributed by atoms with Crippen LogP contribution in [-0.2, 0) is 4.79 Å². The van der Waals surface area contributed by atoms with Gasteiger partial charge in [-0.05, 0) is 26.0 Å². The average molecular weight is 250 g/mol. The van der Waals surface area contributed by atoms with Gasteiger partial charge in [0.05, 0.1) is 0 Å². The second kappa shape index (κ2) is 6.64. The molecule has 0 aromatic heterocycles. The largest absolute Gasteiger partial charge is 0.508 e. The number of carbonyl (C=O) groups is 2. The fraction of sp³-hybridized carbons (Fsp3) is 0.385. The van der Waals surface area contributed by atoms with Crippen molar-refractivity contribution < 1.29 is 14.7 Å². The van der Waals surface area contributed by atoms with Gasteiger partial charge < -0.3 is 15.7 Å². The van der Waals surface area contributed by atoms with Crippen molar-refractivity contribution in [3.05, 3.63) is 29.3 Å². The lowest BCUT2D eigenvalue weighted by atomic mass is 10.1. The minimum atomic E-state index is -0.285. The molecule has 0 spiro atoms. The summed E-state index contributed by atoms with van der Waals surface area (Å²) in [6.45, 7) is 4.37. The van der Waals surface area contributed by atoms with Crippen molar-refractivity contribution in [1.82, 2.24) is 10.6 Å². The summed E-state index contributed by atoms with van der Waals surface area (Å²) in [5.74, 6) is -0.287. The molecule has 0 aliphatic carbocycles. The maximum atomic E-state index is 11.8. The highest BCUT2D eigenvalue weighted by Crippen LogP contribution is 2.19. The summed E-state index contributed by atoms with van der Waals surface area (Å²) in [5.41, 5.74) is 0.957. The summed E-state index contributed by atoms with van der Waals surface area (Å²) < 4.78 is 0. The van der Waals surface area contributed by atoms with E-state index >= 15 is 0 Å². The number of rotatable bonds is 5. The molecular formula is C13H18N2O3. The van der Waals surface area contributed by atoms with E-state index in [1.807, 2.05) is 6.92 Å². The standard InChI is InChI=1S/C13H18N2O3/c1-3-14-12(17)7-8-15-13(18)10-5-4-6-11(16)9(10)2/h4-6,16H,3,7-8H2,1-2H3,(H,14,17)(H,15,18). The first-order valence-electron chi connectivity index (χ1n) is 5.89. The van der Waals surface area contributed by atoms with Crippen LogP contribution in [0.15, 0.2) is 18.2 Å². The Labute approximate surface area is 106 Å². The number of hydrogen-bond donors (Lipinski definition) is 3. The fourth-order valence-electron chi connectivity index (χ4n) is 1.54. The Balaban J connectivity index is 2.51. The Morgan fingerprint density at radius 1 is 1.28 bits per heavy atom. The van der Waals surface area contributed by atoms with Crippen LogP contribution in [0.2, 0.25) is 0 Å². The summed E-state index contributed by atoms with van der Waals surface area (Å²) >= 11 is 0. The van der Waals surface area contributed by atoms with E-state index in [9.17, 15) is 14.7 Å². The molecule has 0 aliphatic rings. The van der Waals surface area contributed by atoms with Gasteiger partial charge in [-0.15, -0.1) is 0 Å². The van der Waals surface area contributed by atoms with Crippen molar-refractivity contribution in [1.29, 1.82) is 0 Å². The van der Waals surface area contributed by atoms with Gasteiger partial charge in [-0.25, -0.2) is 0 Å². The number of aromatic hydroxyl groups is 1. The van der Waals surface area contributed by atoms with Gasteiger partial charge in [0.2, 0.25) is 5.91 Å². The summed E-state index contributed by atoms with van der Waals surface area (Å²) in [6.07, 6.45) is 0.247. The predicted octanol–water partition coefficient (Wildman–Crippen LogP) is 0.957. The van der Waals surface area contributed by atoms with Crippen LogP contribution in [0.1, 0.15) is 29.3 Å². The van der Waals surface area contributed by atoms with Gasteiger partial charge in [0.15, 0.2) is 0 Å². The quantitative estimate of drug-likeness (QED) is 0.728. The van der Waals surface area contributed by atoms with Crippen molar-refractivity contribution in [2.75, 3.05) is 13.1 Å². The van der Waals surface area contributed by atoms with E-state index in [-0.39, 0.29) is 30.5 Å². The Kier molecular flexibility index (Phi) is 5.17. The van der Waals surface area contributed by atoms with E-state index in [1.165, 1.54) is 6.07 Å². The molecule has 5 nitrogen and oxygen atoms in total. The second-order valence-corrected chi connectivity index (χ2v) is 3.91. The Bertz CT molecular complexity index is 444. The first-order chi connectivity index (χ1) is 8.56. The topological polar surface area (TPSA) is 78.4 Å².